The number of pyridine rings is 1. The van der Waals surface area contributed by atoms with Gasteiger partial charge in [-0.15, -0.1) is 0 Å². The summed E-state index contributed by atoms with van der Waals surface area (Å²) >= 11 is 0. The van der Waals surface area contributed by atoms with Crippen molar-refractivity contribution in [1.82, 2.24) is 9.13 Å². The van der Waals surface area contributed by atoms with Gasteiger partial charge in [0.25, 0.3) is 5.56 Å². The standard InChI is InChI=1S/C17H18N2O2/c1-21-12-11-18-9-7-15-8-10-19(17(20)16(15)18)13-14-5-3-2-4-6-14/h2-10H,11-13H2,1H3. The second kappa shape index (κ2) is 5.97. The summed E-state index contributed by atoms with van der Waals surface area (Å²) in [5, 5.41) is 0.973. The van der Waals surface area contributed by atoms with E-state index in [1.165, 1.54) is 0 Å². The van der Waals surface area contributed by atoms with E-state index < -0.39 is 0 Å². The molecule has 0 unspecified atom stereocenters. The van der Waals surface area contributed by atoms with E-state index in [0.29, 0.717) is 19.7 Å². The minimum absolute atomic E-state index is 0.0393. The largest absolute Gasteiger partial charge is 0.383 e. The lowest BCUT2D eigenvalue weighted by molar-refractivity contribution is 0.188. The van der Waals surface area contributed by atoms with Gasteiger partial charge in [0, 0.05) is 31.4 Å². The molecule has 1 aromatic carbocycles. The Kier molecular flexibility index (Phi) is 3.88. The third kappa shape index (κ3) is 2.76. The first kappa shape index (κ1) is 13.6. The van der Waals surface area contributed by atoms with Gasteiger partial charge in [0.1, 0.15) is 5.52 Å². The number of nitrogens with zero attached hydrogens (tertiary/aromatic N) is 2. The second-order valence-corrected chi connectivity index (χ2v) is 5.04. The summed E-state index contributed by atoms with van der Waals surface area (Å²) in [6.45, 7) is 1.87. The molecule has 0 saturated carbocycles. The van der Waals surface area contributed by atoms with Crippen LogP contribution in [-0.2, 0) is 17.8 Å². The van der Waals surface area contributed by atoms with Crippen molar-refractivity contribution in [2.24, 2.45) is 0 Å². The van der Waals surface area contributed by atoms with Crippen molar-refractivity contribution in [2.45, 2.75) is 13.1 Å². The Labute approximate surface area is 123 Å². The topological polar surface area (TPSA) is 36.2 Å². The number of aromatic nitrogens is 2. The van der Waals surface area contributed by atoms with Gasteiger partial charge in [-0.2, -0.15) is 0 Å². The zero-order valence-corrected chi connectivity index (χ0v) is 12.0. The van der Waals surface area contributed by atoms with Crippen molar-refractivity contribution < 1.29 is 4.74 Å². The molecule has 108 valence electrons. The van der Waals surface area contributed by atoms with Gasteiger partial charge < -0.3 is 13.9 Å². The maximum absolute atomic E-state index is 12.7. The summed E-state index contributed by atoms with van der Waals surface area (Å²) in [4.78, 5) is 12.7. The molecule has 4 heteroatoms. The first-order valence-corrected chi connectivity index (χ1v) is 7.01. The molecular weight excluding hydrogens is 264 g/mol. The molecule has 0 N–H and O–H groups in total. The quantitative estimate of drug-likeness (QED) is 0.721. The van der Waals surface area contributed by atoms with Crippen LogP contribution in [0.1, 0.15) is 5.56 Å². The Morgan fingerprint density at radius 3 is 2.43 bits per heavy atom. The van der Waals surface area contributed by atoms with Crippen molar-refractivity contribution in [1.29, 1.82) is 0 Å². The number of rotatable bonds is 5. The summed E-state index contributed by atoms with van der Waals surface area (Å²) < 4.78 is 8.81. The molecule has 4 nitrogen and oxygen atoms in total. The van der Waals surface area contributed by atoms with E-state index in [2.05, 4.69) is 0 Å². The molecular formula is C17H18N2O2. The fraction of sp³-hybridized carbons (Fsp3) is 0.235. The van der Waals surface area contributed by atoms with E-state index in [1.54, 1.807) is 11.7 Å². The van der Waals surface area contributed by atoms with Gasteiger partial charge in [0.15, 0.2) is 0 Å². The van der Waals surface area contributed by atoms with Crippen molar-refractivity contribution in [2.75, 3.05) is 13.7 Å². The van der Waals surface area contributed by atoms with Crippen LogP contribution in [0.5, 0.6) is 0 Å². The predicted octanol–water partition coefficient (Wildman–Crippen LogP) is 2.50. The van der Waals surface area contributed by atoms with Gasteiger partial charge >= 0.3 is 0 Å². The normalized spacial score (nSPS) is 11.1. The lowest BCUT2D eigenvalue weighted by Crippen LogP contribution is -2.22. The zero-order chi connectivity index (χ0) is 14.7. The molecule has 21 heavy (non-hydrogen) atoms. The molecule has 2 heterocycles. The van der Waals surface area contributed by atoms with E-state index in [9.17, 15) is 4.79 Å². The van der Waals surface area contributed by atoms with Crippen molar-refractivity contribution in [3.05, 3.63) is 70.8 Å². The number of hydrogen-bond acceptors (Lipinski definition) is 2. The molecule has 0 aliphatic carbocycles. The van der Waals surface area contributed by atoms with E-state index >= 15 is 0 Å². The molecule has 0 fully saturated rings. The van der Waals surface area contributed by atoms with Crippen LogP contribution in [0.2, 0.25) is 0 Å². The third-order valence-electron chi connectivity index (χ3n) is 3.62. The van der Waals surface area contributed by atoms with Gasteiger partial charge in [-0.3, -0.25) is 4.79 Å². The lowest BCUT2D eigenvalue weighted by atomic mass is 10.2. The summed E-state index contributed by atoms with van der Waals surface area (Å²) in [5.74, 6) is 0. The molecule has 0 atom stereocenters. The molecule has 0 spiro atoms. The predicted molar refractivity (Wildman–Crippen MR) is 83.6 cm³/mol. The van der Waals surface area contributed by atoms with Crippen LogP contribution in [0.25, 0.3) is 10.9 Å². The highest BCUT2D eigenvalue weighted by atomic mass is 16.5. The number of fused-ring (bicyclic) bond motifs is 1. The summed E-state index contributed by atoms with van der Waals surface area (Å²) in [7, 11) is 1.67. The Morgan fingerprint density at radius 2 is 1.71 bits per heavy atom. The van der Waals surface area contributed by atoms with Crippen LogP contribution >= 0.6 is 0 Å². The maximum Gasteiger partial charge on any atom is 0.275 e. The highest BCUT2D eigenvalue weighted by Crippen LogP contribution is 2.12. The van der Waals surface area contributed by atoms with Crippen LogP contribution in [0.15, 0.2) is 59.7 Å². The van der Waals surface area contributed by atoms with Crippen LogP contribution in [0, 0.1) is 0 Å². The lowest BCUT2D eigenvalue weighted by Gasteiger charge is -2.08. The van der Waals surface area contributed by atoms with E-state index in [0.717, 1.165) is 16.5 Å². The number of benzene rings is 1. The Hall–Kier alpha value is -2.33. The SMILES string of the molecule is COCCn1ccc2ccn(Cc3ccccc3)c(=O)c21. The minimum atomic E-state index is 0.0393. The maximum atomic E-state index is 12.7. The Morgan fingerprint density at radius 1 is 1.00 bits per heavy atom. The Bertz CT molecular complexity index is 787. The highest BCUT2D eigenvalue weighted by Gasteiger charge is 2.08. The number of methoxy groups -OCH3 is 1. The molecule has 0 aliphatic heterocycles. The van der Waals surface area contributed by atoms with E-state index in [1.807, 2.05) is 59.4 Å². The van der Waals surface area contributed by atoms with Crippen LogP contribution in [0.4, 0.5) is 0 Å². The van der Waals surface area contributed by atoms with Gasteiger partial charge in [0.2, 0.25) is 0 Å². The molecule has 0 bridgehead atoms. The third-order valence-corrected chi connectivity index (χ3v) is 3.62. The van der Waals surface area contributed by atoms with Crippen LogP contribution in [-0.4, -0.2) is 22.9 Å². The summed E-state index contributed by atoms with van der Waals surface area (Å²) in [5.41, 5.74) is 1.90. The van der Waals surface area contributed by atoms with Gasteiger partial charge in [-0.1, -0.05) is 30.3 Å². The van der Waals surface area contributed by atoms with E-state index in [4.69, 9.17) is 4.74 Å². The molecule has 0 saturated heterocycles. The smallest absolute Gasteiger partial charge is 0.275 e. The second-order valence-electron chi connectivity index (χ2n) is 5.04. The number of ether oxygens (including phenoxy) is 1. The monoisotopic (exact) mass is 282 g/mol. The van der Waals surface area contributed by atoms with Crippen LogP contribution in [0.3, 0.4) is 0 Å². The van der Waals surface area contributed by atoms with E-state index in [-0.39, 0.29) is 5.56 Å². The molecule has 0 aliphatic rings. The van der Waals surface area contributed by atoms with Gasteiger partial charge in [-0.25, -0.2) is 0 Å². The average Bonchev–Trinajstić information content (AvgIpc) is 2.93. The Balaban J connectivity index is 2.00. The number of hydrogen-bond donors (Lipinski definition) is 0. The first-order chi connectivity index (χ1) is 10.3. The van der Waals surface area contributed by atoms with Gasteiger partial charge in [-0.05, 0) is 17.7 Å². The molecule has 3 aromatic rings. The fourth-order valence-corrected chi connectivity index (χ4v) is 2.52. The molecule has 0 radical (unpaired) electrons. The fourth-order valence-electron chi connectivity index (χ4n) is 2.52. The van der Waals surface area contributed by atoms with Crippen LogP contribution < -0.4 is 5.56 Å². The summed E-state index contributed by atoms with van der Waals surface area (Å²) in [6, 6.07) is 14.0. The van der Waals surface area contributed by atoms with Crippen molar-refractivity contribution >= 4 is 10.9 Å². The first-order valence-electron chi connectivity index (χ1n) is 7.01. The summed E-state index contributed by atoms with van der Waals surface area (Å²) in [6.07, 6.45) is 3.80. The van der Waals surface area contributed by atoms with Crippen molar-refractivity contribution in [3.63, 3.8) is 0 Å². The highest BCUT2D eigenvalue weighted by molar-refractivity contribution is 5.78. The minimum Gasteiger partial charge on any atom is -0.383 e. The molecule has 2 aromatic heterocycles. The average molecular weight is 282 g/mol. The van der Waals surface area contributed by atoms with Gasteiger partial charge in [0.05, 0.1) is 13.2 Å². The molecule has 3 rings (SSSR count). The van der Waals surface area contributed by atoms with Crippen molar-refractivity contribution in [3.8, 4) is 0 Å². The molecule has 0 amide bonds. The zero-order valence-electron chi connectivity index (χ0n) is 12.0.